The monoisotopic (exact) mass is 829 g/mol. The molecule has 346 valence electrons. The van der Waals surface area contributed by atoms with Crippen LogP contribution in [0.3, 0.4) is 0 Å². The van der Waals surface area contributed by atoms with Crippen molar-refractivity contribution in [2.75, 3.05) is 13.2 Å². The van der Waals surface area contributed by atoms with Crippen LogP contribution in [-0.4, -0.2) is 36.4 Å². The third kappa shape index (κ3) is 48.7. The van der Waals surface area contributed by atoms with E-state index >= 15 is 0 Å². The summed E-state index contributed by atoms with van der Waals surface area (Å²) in [5, 5.41) is 9.55. The van der Waals surface area contributed by atoms with Crippen LogP contribution in [0.5, 0.6) is 0 Å². The van der Waals surface area contributed by atoms with Gasteiger partial charge in [-0.1, -0.05) is 249 Å². The standard InChI is InChI=1S/C54H100O5/c1-3-5-7-9-11-13-14-15-16-17-18-19-20-21-22-23-24-25-26-27-28-29-30-31-32-33-34-35-36-37-38-39-40-41-43-45-47-49-54(57)59-52(50-55)51-58-53(56)48-46-44-42-12-10-8-6-4-2/h14-15,17-18,20-21,52,55H,3-13,16,19,22-51H2,1-2H3/b15-14-,18-17-,21-20-. The first kappa shape index (κ1) is 57.1. The van der Waals surface area contributed by atoms with E-state index in [2.05, 4.69) is 50.3 Å². The average Bonchev–Trinajstić information content (AvgIpc) is 3.24. The summed E-state index contributed by atoms with van der Waals surface area (Å²) in [5.41, 5.74) is 0. The number of hydrogen-bond donors (Lipinski definition) is 1. The number of hydrogen-bond acceptors (Lipinski definition) is 5. The summed E-state index contributed by atoms with van der Waals surface area (Å²) < 4.78 is 10.6. The molecule has 0 saturated carbocycles. The molecule has 0 radical (unpaired) electrons. The Balaban J connectivity index is 3.36. The zero-order valence-corrected chi connectivity index (χ0v) is 39.5. The normalized spacial score (nSPS) is 12.4. The molecule has 0 saturated heterocycles. The van der Waals surface area contributed by atoms with Crippen LogP contribution in [-0.2, 0) is 19.1 Å². The van der Waals surface area contributed by atoms with Gasteiger partial charge in [-0.05, 0) is 51.4 Å². The van der Waals surface area contributed by atoms with Crippen LogP contribution in [0, 0.1) is 0 Å². The molecule has 0 bridgehead atoms. The number of unbranched alkanes of at least 4 members (excludes halogenated alkanes) is 34. The maximum absolute atomic E-state index is 12.2. The largest absolute Gasteiger partial charge is 0.462 e. The first-order valence-electron chi connectivity index (χ1n) is 26.0. The minimum atomic E-state index is -0.764. The van der Waals surface area contributed by atoms with E-state index in [0.29, 0.717) is 12.8 Å². The first-order valence-corrected chi connectivity index (χ1v) is 26.0. The molecule has 0 aliphatic rings. The highest BCUT2D eigenvalue weighted by molar-refractivity contribution is 5.70. The Morgan fingerprint density at radius 1 is 0.390 bits per heavy atom. The number of ether oxygens (including phenoxy) is 2. The molecule has 1 atom stereocenters. The zero-order valence-electron chi connectivity index (χ0n) is 39.5. The number of allylic oxidation sites excluding steroid dienone is 6. The van der Waals surface area contributed by atoms with Crippen molar-refractivity contribution in [1.82, 2.24) is 0 Å². The molecule has 0 aromatic carbocycles. The average molecular weight is 829 g/mol. The van der Waals surface area contributed by atoms with E-state index in [9.17, 15) is 14.7 Å². The van der Waals surface area contributed by atoms with E-state index in [1.807, 2.05) is 0 Å². The highest BCUT2D eigenvalue weighted by Crippen LogP contribution is 2.17. The van der Waals surface area contributed by atoms with Gasteiger partial charge in [-0.15, -0.1) is 0 Å². The molecule has 0 rings (SSSR count). The second kappa shape index (κ2) is 50.5. The van der Waals surface area contributed by atoms with E-state index in [1.54, 1.807) is 0 Å². The molecule has 0 spiro atoms. The van der Waals surface area contributed by atoms with Gasteiger partial charge in [-0.25, -0.2) is 0 Å². The van der Waals surface area contributed by atoms with Crippen molar-refractivity contribution in [2.24, 2.45) is 0 Å². The molecule has 1 unspecified atom stereocenters. The Hall–Kier alpha value is -1.88. The number of aliphatic hydroxyl groups excluding tert-OH is 1. The third-order valence-corrected chi connectivity index (χ3v) is 11.7. The summed E-state index contributed by atoms with van der Waals surface area (Å²) in [6.45, 7) is 4.11. The molecule has 0 fully saturated rings. The molecule has 0 aliphatic carbocycles. The summed E-state index contributed by atoms with van der Waals surface area (Å²) in [5.74, 6) is -0.583. The van der Waals surface area contributed by atoms with Crippen molar-refractivity contribution >= 4 is 11.9 Å². The lowest BCUT2D eigenvalue weighted by molar-refractivity contribution is -0.161. The SMILES string of the molecule is CCCCCCC/C=C\C/C=C\C/C=C\CCCCCCCCCCCCCCCCCCCCCCCCC(=O)OC(CO)COC(=O)CCCCCCCCCC. The van der Waals surface area contributed by atoms with E-state index in [4.69, 9.17) is 9.47 Å². The molecule has 5 heteroatoms. The highest BCUT2D eigenvalue weighted by atomic mass is 16.6. The van der Waals surface area contributed by atoms with Gasteiger partial charge in [0.25, 0.3) is 0 Å². The van der Waals surface area contributed by atoms with Crippen LogP contribution in [0.1, 0.15) is 277 Å². The van der Waals surface area contributed by atoms with Crippen molar-refractivity contribution in [3.05, 3.63) is 36.5 Å². The highest BCUT2D eigenvalue weighted by Gasteiger charge is 2.16. The van der Waals surface area contributed by atoms with Gasteiger partial charge in [-0.2, -0.15) is 0 Å². The molecule has 0 aliphatic heterocycles. The molecule has 0 aromatic heterocycles. The quantitative estimate of drug-likeness (QED) is 0.0376. The van der Waals surface area contributed by atoms with Crippen molar-refractivity contribution in [3.63, 3.8) is 0 Å². The summed E-state index contributed by atoms with van der Waals surface area (Å²) in [6, 6.07) is 0. The lowest BCUT2D eigenvalue weighted by Gasteiger charge is -2.15. The Labute approximate surface area is 367 Å². The lowest BCUT2D eigenvalue weighted by atomic mass is 10.0. The van der Waals surface area contributed by atoms with E-state index in [1.165, 1.54) is 199 Å². The second-order valence-corrected chi connectivity index (χ2v) is 17.6. The molecular weight excluding hydrogens is 729 g/mol. The van der Waals surface area contributed by atoms with Crippen LogP contribution >= 0.6 is 0 Å². The van der Waals surface area contributed by atoms with Crippen LogP contribution in [0.4, 0.5) is 0 Å². The van der Waals surface area contributed by atoms with Crippen LogP contribution in [0.15, 0.2) is 36.5 Å². The molecule has 1 N–H and O–H groups in total. The number of rotatable bonds is 48. The van der Waals surface area contributed by atoms with E-state index < -0.39 is 6.10 Å². The smallest absolute Gasteiger partial charge is 0.306 e. The second-order valence-electron chi connectivity index (χ2n) is 17.6. The van der Waals surface area contributed by atoms with Gasteiger partial charge in [0.1, 0.15) is 6.61 Å². The number of carbonyl (C=O) groups excluding carboxylic acids is 2. The summed E-state index contributed by atoms with van der Waals surface area (Å²) in [4.78, 5) is 24.2. The maximum Gasteiger partial charge on any atom is 0.306 e. The van der Waals surface area contributed by atoms with Gasteiger partial charge in [0.15, 0.2) is 6.10 Å². The summed E-state index contributed by atoms with van der Waals surface area (Å²) >= 11 is 0. The van der Waals surface area contributed by atoms with Gasteiger partial charge in [-0.3, -0.25) is 9.59 Å². The summed E-state index contributed by atoms with van der Waals surface area (Å²) in [6.07, 6.45) is 64.3. The van der Waals surface area contributed by atoms with Gasteiger partial charge in [0, 0.05) is 12.8 Å². The van der Waals surface area contributed by atoms with Crippen molar-refractivity contribution in [2.45, 2.75) is 283 Å². The number of carbonyl (C=O) groups is 2. The fourth-order valence-corrected chi connectivity index (χ4v) is 7.74. The molecule has 0 aromatic rings. The number of esters is 2. The van der Waals surface area contributed by atoms with Crippen molar-refractivity contribution in [1.29, 1.82) is 0 Å². The maximum atomic E-state index is 12.2. The zero-order chi connectivity index (χ0) is 42.8. The molecule has 59 heavy (non-hydrogen) atoms. The molecule has 0 heterocycles. The Morgan fingerprint density at radius 2 is 0.678 bits per heavy atom. The topological polar surface area (TPSA) is 72.8 Å². The Kier molecular flexibility index (Phi) is 48.9. The predicted octanol–water partition coefficient (Wildman–Crippen LogP) is 17.1. The van der Waals surface area contributed by atoms with E-state index in [-0.39, 0.29) is 25.2 Å². The Bertz CT molecular complexity index is 939. The fraction of sp³-hybridized carbons (Fsp3) is 0.852. The minimum absolute atomic E-state index is 0.0606. The number of aliphatic hydroxyl groups is 1. The first-order chi connectivity index (χ1) is 29.1. The lowest BCUT2D eigenvalue weighted by Crippen LogP contribution is -2.28. The fourth-order valence-electron chi connectivity index (χ4n) is 7.74. The molecular formula is C54H100O5. The van der Waals surface area contributed by atoms with Crippen LogP contribution < -0.4 is 0 Å². The van der Waals surface area contributed by atoms with Crippen molar-refractivity contribution in [3.8, 4) is 0 Å². The van der Waals surface area contributed by atoms with Crippen molar-refractivity contribution < 1.29 is 24.2 Å². The van der Waals surface area contributed by atoms with E-state index in [0.717, 1.165) is 51.4 Å². The van der Waals surface area contributed by atoms with Gasteiger partial charge >= 0.3 is 11.9 Å². The Morgan fingerprint density at radius 3 is 1.02 bits per heavy atom. The molecule has 5 nitrogen and oxygen atoms in total. The predicted molar refractivity (Wildman–Crippen MR) is 256 cm³/mol. The third-order valence-electron chi connectivity index (χ3n) is 11.7. The van der Waals surface area contributed by atoms with Crippen LogP contribution in [0.25, 0.3) is 0 Å². The van der Waals surface area contributed by atoms with Gasteiger partial charge in [0.2, 0.25) is 0 Å². The summed E-state index contributed by atoms with van der Waals surface area (Å²) in [7, 11) is 0. The van der Waals surface area contributed by atoms with Crippen LogP contribution in [0.2, 0.25) is 0 Å². The molecule has 0 amide bonds. The van der Waals surface area contributed by atoms with Gasteiger partial charge < -0.3 is 14.6 Å². The van der Waals surface area contributed by atoms with Gasteiger partial charge in [0.05, 0.1) is 6.61 Å². The minimum Gasteiger partial charge on any atom is -0.462 e.